The number of anilines is 1. The molecule has 1 aromatic carbocycles. The van der Waals surface area contributed by atoms with E-state index in [1.54, 1.807) is 12.4 Å². The number of likely N-dealkylation sites (tertiary alicyclic amines) is 1. The van der Waals surface area contributed by atoms with Crippen molar-refractivity contribution < 1.29 is 9.59 Å². The Hall–Kier alpha value is -2.50. The Kier molecular flexibility index (Phi) is 3.88. The molecule has 6 nitrogen and oxygen atoms in total. The van der Waals surface area contributed by atoms with Crippen molar-refractivity contribution in [2.75, 3.05) is 11.9 Å². The molecular weight excluding hydrogens is 304 g/mol. The second-order valence-electron chi connectivity index (χ2n) is 6.63. The van der Waals surface area contributed by atoms with E-state index < -0.39 is 0 Å². The van der Waals surface area contributed by atoms with Gasteiger partial charge in [-0.1, -0.05) is 12.8 Å². The van der Waals surface area contributed by atoms with Crippen LogP contribution in [0.15, 0.2) is 30.6 Å². The summed E-state index contributed by atoms with van der Waals surface area (Å²) in [6, 6.07) is 5.81. The predicted molar refractivity (Wildman–Crippen MR) is 90.2 cm³/mol. The third-order valence-corrected chi connectivity index (χ3v) is 5.03. The Morgan fingerprint density at radius 2 is 1.88 bits per heavy atom. The van der Waals surface area contributed by atoms with E-state index in [4.69, 9.17) is 0 Å². The zero-order valence-electron chi connectivity index (χ0n) is 13.4. The highest BCUT2D eigenvalue weighted by atomic mass is 16.2. The minimum atomic E-state index is -0.268. The Morgan fingerprint density at radius 3 is 2.67 bits per heavy atom. The minimum Gasteiger partial charge on any atom is -0.339 e. The number of carbonyl (C=O) groups excluding carboxylic acids is 2. The molecule has 2 amide bonds. The maximum atomic E-state index is 12.5. The Bertz CT molecular complexity index is 785. The van der Waals surface area contributed by atoms with Crippen LogP contribution in [0.25, 0.3) is 11.0 Å². The van der Waals surface area contributed by atoms with Crippen molar-refractivity contribution in [2.45, 2.75) is 38.1 Å². The first kappa shape index (κ1) is 15.1. The van der Waals surface area contributed by atoms with Crippen LogP contribution >= 0.6 is 0 Å². The predicted octanol–water partition coefficient (Wildman–Crippen LogP) is 2.36. The highest BCUT2D eigenvalue weighted by Gasteiger charge is 2.38. The molecule has 0 radical (unpaired) electrons. The number of benzene rings is 1. The van der Waals surface area contributed by atoms with Gasteiger partial charge >= 0.3 is 0 Å². The molecule has 1 aliphatic carbocycles. The first-order valence-corrected chi connectivity index (χ1v) is 8.52. The molecule has 1 atom stereocenters. The summed E-state index contributed by atoms with van der Waals surface area (Å²) in [4.78, 5) is 35.1. The standard InChI is InChI=1S/C18H20N4O2/c23-17-9-12(11-22(17)14-3-1-2-4-14)18(24)21-13-5-6-15-16(10-13)20-8-7-19-15/h5-8,10,12,14H,1-4,9,11H2,(H,21,24)/t12-/m1/s1. The number of nitrogens with one attached hydrogen (secondary N) is 1. The normalized spacial score (nSPS) is 21.6. The largest absolute Gasteiger partial charge is 0.339 e. The molecule has 4 rings (SSSR count). The van der Waals surface area contributed by atoms with E-state index in [-0.39, 0.29) is 17.7 Å². The van der Waals surface area contributed by atoms with E-state index in [2.05, 4.69) is 15.3 Å². The second kappa shape index (κ2) is 6.19. The van der Waals surface area contributed by atoms with Crippen LogP contribution in [0, 0.1) is 5.92 Å². The number of hydrogen-bond acceptors (Lipinski definition) is 4. The molecule has 1 saturated heterocycles. The summed E-state index contributed by atoms with van der Waals surface area (Å²) in [6.45, 7) is 0.544. The maximum Gasteiger partial charge on any atom is 0.229 e. The molecule has 0 unspecified atom stereocenters. The lowest BCUT2D eigenvalue weighted by Gasteiger charge is -2.23. The molecule has 2 aromatic rings. The summed E-state index contributed by atoms with van der Waals surface area (Å²) in [5.41, 5.74) is 2.23. The number of rotatable bonds is 3. The number of carbonyl (C=O) groups is 2. The molecule has 1 aromatic heterocycles. The second-order valence-corrected chi connectivity index (χ2v) is 6.63. The van der Waals surface area contributed by atoms with Crippen LogP contribution < -0.4 is 5.32 Å². The van der Waals surface area contributed by atoms with Gasteiger partial charge in [-0.3, -0.25) is 19.6 Å². The van der Waals surface area contributed by atoms with E-state index in [1.165, 1.54) is 12.8 Å². The zero-order chi connectivity index (χ0) is 16.5. The van der Waals surface area contributed by atoms with Gasteiger partial charge in [-0.2, -0.15) is 0 Å². The summed E-state index contributed by atoms with van der Waals surface area (Å²) >= 11 is 0. The lowest BCUT2D eigenvalue weighted by Crippen LogP contribution is -2.35. The van der Waals surface area contributed by atoms with E-state index in [0.717, 1.165) is 23.9 Å². The molecular formula is C18H20N4O2. The van der Waals surface area contributed by atoms with Crippen molar-refractivity contribution in [1.29, 1.82) is 0 Å². The Morgan fingerprint density at radius 1 is 1.12 bits per heavy atom. The highest BCUT2D eigenvalue weighted by Crippen LogP contribution is 2.30. The zero-order valence-corrected chi connectivity index (χ0v) is 13.4. The van der Waals surface area contributed by atoms with Gasteiger partial charge < -0.3 is 10.2 Å². The van der Waals surface area contributed by atoms with Crippen molar-refractivity contribution in [3.8, 4) is 0 Å². The first-order valence-electron chi connectivity index (χ1n) is 8.52. The lowest BCUT2D eigenvalue weighted by atomic mass is 10.1. The van der Waals surface area contributed by atoms with E-state index in [1.807, 2.05) is 23.1 Å². The van der Waals surface area contributed by atoms with E-state index in [9.17, 15) is 9.59 Å². The maximum absolute atomic E-state index is 12.5. The summed E-state index contributed by atoms with van der Waals surface area (Å²) in [5, 5.41) is 2.92. The fourth-order valence-electron chi connectivity index (χ4n) is 3.76. The summed E-state index contributed by atoms with van der Waals surface area (Å²) in [7, 11) is 0. The molecule has 24 heavy (non-hydrogen) atoms. The van der Waals surface area contributed by atoms with Crippen LogP contribution in [0.3, 0.4) is 0 Å². The van der Waals surface area contributed by atoms with Crippen molar-refractivity contribution in [1.82, 2.24) is 14.9 Å². The van der Waals surface area contributed by atoms with Gasteiger partial charge in [-0.05, 0) is 31.0 Å². The summed E-state index contributed by atoms with van der Waals surface area (Å²) < 4.78 is 0. The summed E-state index contributed by atoms with van der Waals surface area (Å²) in [6.07, 6.45) is 8.10. The quantitative estimate of drug-likeness (QED) is 0.940. The van der Waals surface area contributed by atoms with E-state index in [0.29, 0.717) is 24.7 Å². The monoisotopic (exact) mass is 324 g/mol. The Balaban J connectivity index is 1.44. The molecule has 6 heteroatoms. The number of amides is 2. The van der Waals surface area contributed by atoms with Gasteiger partial charge in [0.1, 0.15) is 0 Å². The third kappa shape index (κ3) is 2.84. The van der Waals surface area contributed by atoms with Crippen LogP contribution in [-0.4, -0.2) is 39.3 Å². The van der Waals surface area contributed by atoms with Crippen molar-refractivity contribution in [3.05, 3.63) is 30.6 Å². The number of nitrogens with zero attached hydrogens (tertiary/aromatic N) is 3. The Labute approximate surface area is 140 Å². The average Bonchev–Trinajstić information content (AvgIpc) is 3.24. The highest BCUT2D eigenvalue weighted by molar-refractivity contribution is 5.98. The van der Waals surface area contributed by atoms with Gasteiger partial charge in [0.25, 0.3) is 0 Å². The van der Waals surface area contributed by atoms with Gasteiger partial charge in [0.05, 0.1) is 17.0 Å². The molecule has 1 N–H and O–H groups in total. The number of aromatic nitrogens is 2. The van der Waals surface area contributed by atoms with Gasteiger partial charge in [-0.25, -0.2) is 0 Å². The topological polar surface area (TPSA) is 75.2 Å². The molecule has 2 fully saturated rings. The van der Waals surface area contributed by atoms with Crippen molar-refractivity contribution >= 4 is 28.5 Å². The third-order valence-electron chi connectivity index (χ3n) is 5.03. The van der Waals surface area contributed by atoms with Crippen LogP contribution in [0.2, 0.25) is 0 Å². The fraction of sp³-hybridized carbons (Fsp3) is 0.444. The molecule has 2 aliphatic rings. The smallest absolute Gasteiger partial charge is 0.229 e. The fourth-order valence-corrected chi connectivity index (χ4v) is 3.76. The van der Waals surface area contributed by atoms with E-state index >= 15 is 0 Å². The molecule has 124 valence electrons. The van der Waals surface area contributed by atoms with Crippen LogP contribution in [0.1, 0.15) is 32.1 Å². The number of hydrogen-bond donors (Lipinski definition) is 1. The van der Waals surface area contributed by atoms with Crippen LogP contribution in [0.5, 0.6) is 0 Å². The number of fused-ring (bicyclic) bond motifs is 1. The van der Waals surface area contributed by atoms with Gasteiger partial charge in [-0.15, -0.1) is 0 Å². The molecule has 1 saturated carbocycles. The van der Waals surface area contributed by atoms with Gasteiger partial charge in [0.2, 0.25) is 11.8 Å². The van der Waals surface area contributed by atoms with Crippen LogP contribution in [0.4, 0.5) is 5.69 Å². The minimum absolute atomic E-state index is 0.0907. The lowest BCUT2D eigenvalue weighted by molar-refractivity contribution is -0.129. The first-order chi connectivity index (χ1) is 11.7. The van der Waals surface area contributed by atoms with Crippen molar-refractivity contribution in [3.63, 3.8) is 0 Å². The van der Waals surface area contributed by atoms with Gasteiger partial charge in [0, 0.05) is 37.1 Å². The SMILES string of the molecule is O=C(Nc1ccc2nccnc2c1)[C@@H]1CC(=O)N(C2CCCC2)C1. The molecule has 0 spiro atoms. The van der Waals surface area contributed by atoms with Crippen molar-refractivity contribution in [2.24, 2.45) is 5.92 Å². The molecule has 2 heterocycles. The summed E-state index contributed by atoms with van der Waals surface area (Å²) in [5.74, 6) is -0.242. The average molecular weight is 324 g/mol. The van der Waals surface area contributed by atoms with Gasteiger partial charge in [0.15, 0.2) is 0 Å². The molecule has 0 bridgehead atoms. The van der Waals surface area contributed by atoms with Crippen LogP contribution in [-0.2, 0) is 9.59 Å². The molecule has 1 aliphatic heterocycles.